The van der Waals surface area contributed by atoms with Crippen molar-refractivity contribution >= 4 is 40.4 Å². The summed E-state index contributed by atoms with van der Waals surface area (Å²) in [4.78, 5) is 38.6. The fourth-order valence-electron chi connectivity index (χ4n) is 3.58. The summed E-state index contributed by atoms with van der Waals surface area (Å²) in [6.07, 6.45) is 4.26. The minimum Gasteiger partial charge on any atom is -0.327 e. The second kappa shape index (κ2) is 7.44. The van der Waals surface area contributed by atoms with Crippen molar-refractivity contribution in [3.63, 3.8) is 0 Å². The van der Waals surface area contributed by atoms with Gasteiger partial charge in [-0.2, -0.15) is 0 Å². The summed E-state index contributed by atoms with van der Waals surface area (Å²) >= 11 is 5.59. The monoisotopic (exact) mass is 358 g/mol. The van der Waals surface area contributed by atoms with Crippen LogP contribution in [-0.2, 0) is 16.1 Å². The summed E-state index contributed by atoms with van der Waals surface area (Å²) in [5, 5.41) is 2.75. The lowest BCUT2D eigenvalue weighted by atomic mass is 10.0. The van der Waals surface area contributed by atoms with Gasteiger partial charge >= 0.3 is 0 Å². The normalized spacial score (nSPS) is 21.4. The predicted molar refractivity (Wildman–Crippen MR) is 99.7 cm³/mol. The quantitative estimate of drug-likeness (QED) is 0.824. The van der Waals surface area contributed by atoms with Crippen LogP contribution in [0.1, 0.15) is 61.4 Å². The third-order valence-electron chi connectivity index (χ3n) is 4.83. The zero-order chi connectivity index (χ0) is 18.0. The summed E-state index contributed by atoms with van der Waals surface area (Å²) in [6.45, 7) is 1.93. The molecule has 6 heteroatoms. The summed E-state index contributed by atoms with van der Waals surface area (Å²) in [6, 6.07) is 5.18. The number of ketones is 1. The Labute approximate surface area is 152 Å². The number of anilines is 1. The highest BCUT2D eigenvalue weighted by Gasteiger charge is 2.35. The van der Waals surface area contributed by atoms with Gasteiger partial charge in [0.2, 0.25) is 5.91 Å². The van der Waals surface area contributed by atoms with E-state index in [9.17, 15) is 14.4 Å². The van der Waals surface area contributed by atoms with E-state index >= 15 is 0 Å². The maximum Gasteiger partial charge on any atom is 0.255 e. The van der Waals surface area contributed by atoms with Gasteiger partial charge < -0.3 is 10.2 Å². The molecular formula is C19H22N2O3S. The molecule has 25 heavy (non-hydrogen) atoms. The molecule has 0 spiro atoms. The second-order valence-corrected chi connectivity index (χ2v) is 7.28. The van der Waals surface area contributed by atoms with Gasteiger partial charge in [-0.1, -0.05) is 12.2 Å². The van der Waals surface area contributed by atoms with Crippen molar-refractivity contribution in [2.75, 3.05) is 5.32 Å². The van der Waals surface area contributed by atoms with Gasteiger partial charge in [0.1, 0.15) is 5.78 Å². The molecule has 5 nitrogen and oxygen atoms in total. The third-order valence-corrected chi connectivity index (χ3v) is 5.31. The lowest BCUT2D eigenvalue weighted by Gasteiger charge is -2.28. The van der Waals surface area contributed by atoms with E-state index in [4.69, 9.17) is 12.2 Å². The Bertz CT molecular complexity index is 744. The first-order chi connectivity index (χ1) is 12.0. The van der Waals surface area contributed by atoms with Crippen molar-refractivity contribution in [1.82, 2.24) is 4.90 Å². The number of nitrogens with zero attached hydrogens (tertiary/aromatic N) is 1. The second-order valence-electron chi connectivity index (χ2n) is 6.75. The summed E-state index contributed by atoms with van der Waals surface area (Å²) < 4.78 is 0. The van der Waals surface area contributed by atoms with Crippen LogP contribution < -0.4 is 5.32 Å². The lowest BCUT2D eigenvalue weighted by molar-refractivity contribution is -0.119. The minimum atomic E-state index is -0.166. The average Bonchev–Trinajstić information content (AvgIpc) is 2.90. The molecule has 0 aromatic heterocycles. The third kappa shape index (κ3) is 3.95. The van der Waals surface area contributed by atoms with Crippen LogP contribution in [0.4, 0.5) is 5.69 Å². The summed E-state index contributed by atoms with van der Waals surface area (Å²) in [5.41, 5.74) is 2.24. The van der Waals surface area contributed by atoms with Crippen LogP contribution in [0.2, 0.25) is 0 Å². The van der Waals surface area contributed by atoms with E-state index in [2.05, 4.69) is 5.32 Å². The van der Waals surface area contributed by atoms with Gasteiger partial charge in [-0.15, -0.1) is 0 Å². The van der Waals surface area contributed by atoms with Crippen LogP contribution in [0, 0.1) is 0 Å². The maximum atomic E-state index is 12.8. The Balaban J connectivity index is 1.82. The molecule has 1 unspecified atom stereocenters. The first-order valence-electron chi connectivity index (χ1n) is 8.71. The molecule has 1 aromatic rings. The average molecular weight is 358 g/mol. The van der Waals surface area contributed by atoms with Crippen LogP contribution >= 0.6 is 12.2 Å². The molecule has 1 N–H and O–H groups in total. The first kappa shape index (κ1) is 17.7. The van der Waals surface area contributed by atoms with Crippen molar-refractivity contribution in [3.8, 4) is 0 Å². The highest BCUT2D eigenvalue weighted by atomic mass is 32.1. The van der Waals surface area contributed by atoms with E-state index in [1.165, 1.54) is 6.92 Å². The number of thiocarbonyl (C=S) groups is 1. The fraction of sp³-hybridized carbons (Fsp3) is 0.474. The van der Waals surface area contributed by atoms with E-state index in [1.54, 1.807) is 17.0 Å². The number of benzene rings is 1. The van der Waals surface area contributed by atoms with Gasteiger partial charge in [-0.25, -0.2) is 0 Å². The minimum absolute atomic E-state index is 0.0385. The van der Waals surface area contributed by atoms with Crippen molar-refractivity contribution in [2.45, 2.75) is 58.0 Å². The molecule has 1 saturated carbocycles. The molecule has 0 bridgehead atoms. The van der Waals surface area contributed by atoms with Gasteiger partial charge in [-0.3, -0.25) is 14.4 Å². The van der Waals surface area contributed by atoms with Gasteiger partial charge in [0.05, 0.1) is 6.04 Å². The van der Waals surface area contributed by atoms with Gasteiger partial charge in [0, 0.05) is 42.4 Å². The molecule has 2 aliphatic rings. The number of Topliss-reactive ketones (excluding diaryl/α,β-unsaturated/α-hetero) is 1. The fourth-order valence-corrected chi connectivity index (χ4v) is 3.97. The molecule has 0 saturated heterocycles. The molecular weight excluding hydrogens is 336 g/mol. The standard InChI is InChI=1S/C19H22N2O3S/c1-12(22)20-14-6-8-16-13(10-14)11-21(19(16)24)17-9-7-15(23)4-2-3-5-18(17)25/h6,8,10,17H,2-5,7,9,11H2,1H3,(H,20,22). The Morgan fingerprint density at radius 1 is 1.20 bits per heavy atom. The molecule has 132 valence electrons. The van der Waals surface area contributed by atoms with Crippen molar-refractivity contribution < 1.29 is 14.4 Å². The van der Waals surface area contributed by atoms with Crippen LogP contribution in [0.15, 0.2) is 18.2 Å². The molecule has 1 aliphatic carbocycles. The number of hydrogen-bond donors (Lipinski definition) is 1. The number of amides is 2. The van der Waals surface area contributed by atoms with Gasteiger partial charge in [-0.05, 0) is 49.4 Å². The van der Waals surface area contributed by atoms with Crippen molar-refractivity contribution in [3.05, 3.63) is 29.3 Å². The number of nitrogens with one attached hydrogen (secondary N) is 1. The number of hydrogen-bond acceptors (Lipinski definition) is 4. The first-order valence-corrected chi connectivity index (χ1v) is 9.12. The number of fused-ring (bicyclic) bond motifs is 1. The molecule has 1 fully saturated rings. The van der Waals surface area contributed by atoms with Gasteiger partial charge in [0.25, 0.3) is 5.91 Å². The predicted octanol–water partition coefficient (Wildman–Crippen LogP) is 3.26. The topological polar surface area (TPSA) is 66.5 Å². The molecule has 1 atom stereocenters. The smallest absolute Gasteiger partial charge is 0.255 e. The number of carbonyl (C=O) groups is 3. The van der Waals surface area contributed by atoms with Crippen LogP contribution in [0.3, 0.4) is 0 Å². The zero-order valence-electron chi connectivity index (χ0n) is 14.3. The number of carbonyl (C=O) groups excluding carboxylic acids is 3. The van der Waals surface area contributed by atoms with E-state index in [0.29, 0.717) is 37.1 Å². The Kier molecular flexibility index (Phi) is 5.27. The van der Waals surface area contributed by atoms with E-state index < -0.39 is 0 Å². The maximum absolute atomic E-state index is 12.8. The van der Waals surface area contributed by atoms with Crippen molar-refractivity contribution in [2.24, 2.45) is 0 Å². The lowest BCUT2D eigenvalue weighted by Crippen LogP contribution is -2.40. The van der Waals surface area contributed by atoms with E-state index in [-0.39, 0.29) is 23.6 Å². The zero-order valence-corrected chi connectivity index (χ0v) is 15.2. The molecule has 1 aliphatic heterocycles. The number of rotatable bonds is 2. The van der Waals surface area contributed by atoms with Crippen molar-refractivity contribution in [1.29, 1.82) is 0 Å². The Morgan fingerprint density at radius 3 is 2.72 bits per heavy atom. The highest BCUT2D eigenvalue weighted by molar-refractivity contribution is 7.80. The van der Waals surface area contributed by atoms with E-state index in [0.717, 1.165) is 29.7 Å². The van der Waals surface area contributed by atoms with Gasteiger partial charge in [0.15, 0.2) is 0 Å². The molecule has 0 radical (unpaired) electrons. The SMILES string of the molecule is CC(=O)Nc1ccc2c(c1)CN(C1CCC(=O)CCCCC1=S)C2=O. The summed E-state index contributed by atoms with van der Waals surface area (Å²) in [5.74, 6) is 0.0762. The largest absolute Gasteiger partial charge is 0.327 e. The van der Waals surface area contributed by atoms with Crippen LogP contribution in [0.5, 0.6) is 0 Å². The molecule has 1 heterocycles. The molecule has 1 aromatic carbocycles. The highest BCUT2D eigenvalue weighted by Crippen LogP contribution is 2.30. The Morgan fingerprint density at radius 2 is 1.96 bits per heavy atom. The molecule has 3 rings (SSSR count). The van der Waals surface area contributed by atoms with E-state index in [1.807, 2.05) is 6.07 Å². The molecule has 2 amide bonds. The van der Waals surface area contributed by atoms with Crippen LogP contribution in [-0.4, -0.2) is 33.4 Å². The van der Waals surface area contributed by atoms with Crippen LogP contribution in [0.25, 0.3) is 0 Å². The summed E-state index contributed by atoms with van der Waals surface area (Å²) in [7, 11) is 0. The Hall–Kier alpha value is -2.08.